The Labute approximate surface area is 164 Å². The number of nitrogens with two attached hydrogens (primary N) is 1. The fraction of sp³-hybridized carbons (Fsp3) is 0.524. The van der Waals surface area contributed by atoms with Gasteiger partial charge in [0, 0.05) is 23.4 Å². The highest BCUT2D eigenvalue weighted by molar-refractivity contribution is 5.80. The lowest BCUT2D eigenvalue weighted by atomic mass is 9.88. The first kappa shape index (κ1) is 18.7. The van der Waals surface area contributed by atoms with Crippen LogP contribution in [0.2, 0.25) is 0 Å². The van der Waals surface area contributed by atoms with Gasteiger partial charge in [-0.2, -0.15) is 4.98 Å². The van der Waals surface area contributed by atoms with Crippen LogP contribution in [0.4, 0.5) is 0 Å². The number of hydrogen-bond acceptors (Lipinski definition) is 5. The number of amides is 2. The third kappa shape index (κ3) is 3.93. The molecule has 3 unspecified atom stereocenters. The second-order valence-corrected chi connectivity index (χ2v) is 7.95. The normalized spacial score (nSPS) is 25.5. The van der Waals surface area contributed by atoms with Crippen molar-refractivity contribution < 1.29 is 14.1 Å². The zero-order valence-electron chi connectivity index (χ0n) is 15.8. The molecule has 7 nitrogen and oxygen atoms in total. The van der Waals surface area contributed by atoms with E-state index in [9.17, 15) is 9.59 Å². The minimum Gasteiger partial charge on any atom is -0.369 e. The lowest BCUT2D eigenvalue weighted by Gasteiger charge is -2.24. The molecule has 148 valence electrons. The van der Waals surface area contributed by atoms with Crippen molar-refractivity contribution in [3.05, 3.63) is 36.2 Å². The molecule has 0 aliphatic heterocycles. The van der Waals surface area contributed by atoms with Gasteiger partial charge in [-0.25, -0.2) is 0 Å². The Bertz CT molecular complexity index is 829. The van der Waals surface area contributed by atoms with E-state index in [-0.39, 0.29) is 35.6 Å². The number of nitrogens with zero attached hydrogens (tertiary/aromatic N) is 2. The van der Waals surface area contributed by atoms with Crippen molar-refractivity contribution in [1.29, 1.82) is 0 Å². The molecule has 1 heterocycles. The van der Waals surface area contributed by atoms with Gasteiger partial charge in [-0.3, -0.25) is 9.59 Å². The zero-order chi connectivity index (χ0) is 19.5. The van der Waals surface area contributed by atoms with Gasteiger partial charge in [0.15, 0.2) is 0 Å². The minimum atomic E-state index is -0.345. The maximum absolute atomic E-state index is 12.7. The summed E-state index contributed by atoms with van der Waals surface area (Å²) in [6.45, 7) is 0. The Morgan fingerprint density at radius 2 is 1.79 bits per heavy atom. The molecule has 2 aromatic rings. The van der Waals surface area contributed by atoms with E-state index in [1.807, 2.05) is 30.3 Å². The van der Waals surface area contributed by atoms with Crippen LogP contribution in [0.5, 0.6) is 0 Å². The van der Waals surface area contributed by atoms with Gasteiger partial charge in [-0.15, -0.1) is 0 Å². The van der Waals surface area contributed by atoms with Gasteiger partial charge in [0.25, 0.3) is 0 Å². The molecule has 7 heteroatoms. The number of carbonyl (C=O) groups is 2. The highest BCUT2D eigenvalue weighted by Gasteiger charge is 2.42. The van der Waals surface area contributed by atoms with E-state index in [1.165, 1.54) is 6.42 Å². The third-order valence-corrected chi connectivity index (χ3v) is 6.06. The Morgan fingerprint density at radius 1 is 1.04 bits per heavy atom. The fourth-order valence-electron chi connectivity index (χ4n) is 4.46. The molecular formula is C21H26N4O3. The van der Waals surface area contributed by atoms with E-state index < -0.39 is 0 Å². The Morgan fingerprint density at radius 3 is 2.50 bits per heavy atom. The molecule has 4 rings (SSSR count). The largest absolute Gasteiger partial charge is 0.369 e. The van der Waals surface area contributed by atoms with E-state index >= 15 is 0 Å². The number of benzene rings is 1. The highest BCUT2D eigenvalue weighted by atomic mass is 16.5. The van der Waals surface area contributed by atoms with Gasteiger partial charge >= 0.3 is 0 Å². The second-order valence-electron chi connectivity index (χ2n) is 7.95. The molecular weight excluding hydrogens is 356 g/mol. The number of rotatable bonds is 5. The molecule has 1 aromatic carbocycles. The number of hydrogen-bond donors (Lipinski definition) is 2. The summed E-state index contributed by atoms with van der Waals surface area (Å²) in [6, 6.07) is 9.37. The standard InChI is InChI=1S/C21H26N4O3/c22-18(26)15-11-16(17(12-15)23-20(27)14-9-5-2-6-10-14)21-24-19(25-28-21)13-7-3-1-4-8-13/h1,3-4,7-8,14-17H,2,5-6,9-12H2,(H2,22,26)(H,23,27). The lowest BCUT2D eigenvalue weighted by molar-refractivity contribution is -0.127. The first-order chi connectivity index (χ1) is 13.6. The van der Waals surface area contributed by atoms with Crippen molar-refractivity contribution in [2.75, 3.05) is 0 Å². The van der Waals surface area contributed by atoms with Crippen molar-refractivity contribution in [3.63, 3.8) is 0 Å². The fourth-order valence-corrected chi connectivity index (χ4v) is 4.46. The summed E-state index contributed by atoms with van der Waals surface area (Å²) in [7, 11) is 0. The van der Waals surface area contributed by atoms with Gasteiger partial charge in [-0.1, -0.05) is 54.8 Å². The van der Waals surface area contributed by atoms with E-state index in [0.29, 0.717) is 24.6 Å². The monoisotopic (exact) mass is 382 g/mol. The summed E-state index contributed by atoms with van der Waals surface area (Å²) in [6.07, 6.45) is 6.29. The molecule has 0 bridgehead atoms. The summed E-state index contributed by atoms with van der Waals surface area (Å²) in [4.78, 5) is 29.1. The Hall–Kier alpha value is -2.70. The van der Waals surface area contributed by atoms with Crippen molar-refractivity contribution in [1.82, 2.24) is 15.5 Å². The predicted octanol–water partition coefficient (Wildman–Crippen LogP) is 2.78. The zero-order valence-corrected chi connectivity index (χ0v) is 15.8. The number of aromatic nitrogens is 2. The SMILES string of the molecule is NC(=O)C1CC(NC(=O)C2CCCCC2)C(c2nc(-c3ccccc3)no2)C1. The van der Waals surface area contributed by atoms with Gasteiger partial charge in [0.05, 0.1) is 5.92 Å². The molecule has 3 atom stereocenters. The number of primary amides is 1. The van der Waals surface area contributed by atoms with Gasteiger partial charge in [0.2, 0.25) is 23.5 Å². The number of nitrogens with one attached hydrogen (secondary N) is 1. The average molecular weight is 382 g/mol. The van der Waals surface area contributed by atoms with Crippen LogP contribution in [-0.4, -0.2) is 28.0 Å². The summed E-state index contributed by atoms with van der Waals surface area (Å²) in [5, 5.41) is 7.25. The van der Waals surface area contributed by atoms with Gasteiger partial charge < -0.3 is 15.6 Å². The molecule has 3 N–H and O–H groups in total. The highest BCUT2D eigenvalue weighted by Crippen LogP contribution is 2.39. The average Bonchev–Trinajstić information content (AvgIpc) is 3.36. The predicted molar refractivity (Wildman–Crippen MR) is 103 cm³/mol. The molecule has 2 aliphatic carbocycles. The second kappa shape index (κ2) is 8.12. The molecule has 2 amide bonds. The molecule has 2 saturated carbocycles. The third-order valence-electron chi connectivity index (χ3n) is 6.06. The molecule has 2 aliphatic rings. The lowest BCUT2D eigenvalue weighted by Crippen LogP contribution is -2.41. The maximum atomic E-state index is 12.7. The van der Waals surface area contributed by atoms with E-state index in [4.69, 9.17) is 10.3 Å². The smallest absolute Gasteiger partial charge is 0.232 e. The van der Waals surface area contributed by atoms with Crippen LogP contribution in [0.1, 0.15) is 56.8 Å². The van der Waals surface area contributed by atoms with Crippen LogP contribution < -0.4 is 11.1 Å². The molecule has 0 spiro atoms. The molecule has 28 heavy (non-hydrogen) atoms. The minimum absolute atomic E-state index is 0.0598. The topological polar surface area (TPSA) is 111 Å². The van der Waals surface area contributed by atoms with Crippen LogP contribution in [0, 0.1) is 11.8 Å². The molecule has 1 aromatic heterocycles. The number of carbonyl (C=O) groups excluding carboxylic acids is 2. The van der Waals surface area contributed by atoms with Crippen LogP contribution in [0.15, 0.2) is 34.9 Å². The molecule has 0 saturated heterocycles. The van der Waals surface area contributed by atoms with Crippen LogP contribution in [0.25, 0.3) is 11.4 Å². The van der Waals surface area contributed by atoms with Crippen molar-refractivity contribution in [2.24, 2.45) is 17.6 Å². The van der Waals surface area contributed by atoms with E-state index in [2.05, 4.69) is 15.5 Å². The quantitative estimate of drug-likeness (QED) is 0.826. The first-order valence-electron chi connectivity index (χ1n) is 10.1. The Kier molecular flexibility index (Phi) is 5.41. The summed E-state index contributed by atoms with van der Waals surface area (Å²) < 4.78 is 5.52. The van der Waals surface area contributed by atoms with E-state index in [1.54, 1.807) is 0 Å². The van der Waals surface area contributed by atoms with Gasteiger partial charge in [0.1, 0.15) is 0 Å². The Balaban J connectivity index is 1.52. The molecule has 0 radical (unpaired) electrons. The summed E-state index contributed by atoms with van der Waals surface area (Å²) in [5.74, 6) is 0.255. The van der Waals surface area contributed by atoms with Crippen molar-refractivity contribution >= 4 is 11.8 Å². The maximum Gasteiger partial charge on any atom is 0.232 e. The molecule has 2 fully saturated rings. The summed E-state index contributed by atoms with van der Waals surface area (Å²) in [5.41, 5.74) is 6.42. The van der Waals surface area contributed by atoms with Crippen molar-refractivity contribution in [2.45, 2.75) is 56.9 Å². The van der Waals surface area contributed by atoms with E-state index in [0.717, 1.165) is 31.2 Å². The van der Waals surface area contributed by atoms with Crippen LogP contribution in [0.3, 0.4) is 0 Å². The van der Waals surface area contributed by atoms with Gasteiger partial charge in [-0.05, 0) is 25.7 Å². The van der Waals surface area contributed by atoms with Crippen LogP contribution in [-0.2, 0) is 9.59 Å². The van der Waals surface area contributed by atoms with Crippen LogP contribution >= 0.6 is 0 Å². The summed E-state index contributed by atoms with van der Waals surface area (Å²) >= 11 is 0. The first-order valence-corrected chi connectivity index (χ1v) is 10.1. The van der Waals surface area contributed by atoms with Crippen molar-refractivity contribution in [3.8, 4) is 11.4 Å².